The molecule has 1 N–H and O–H groups in total. The van der Waals surface area contributed by atoms with E-state index in [9.17, 15) is 5.11 Å². The maximum atomic E-state index is 10.3. The Morgan fingerprint density at radius 1 is 1.64 bits per heavy atom. The van der Waals surface area contributed by atoms with Crippen molar-refractivity contribution < 1.29 is 9.52 Å². The summed E-state index contributed by atoms with van der Waals surface area (Å²) in [5.74, 6) is 0.705. The third kappa shape index (κ3) is 1.70. The summed E-state index contributed by atoms with van der Waals surface area (Å²) >= 11 is 0. The van der Waals surface area contributed by atoms with Crippen molar-refractivity contribution >= 4 is 0 Å². The lowest BCUT2D eigenvalue weighted by Crippen LogP contribution is -2.30. The molecule has 0 aromatic carbocycles. The second-order valence-electron chi connectivity index (χ2n) is 4.04. The minimum atomic E-state index is -0.751. The van der Waals surface area contributed by atoms with Crippen molar-refractivity contribution in [2.75, 3.05) is 19.6 Å². The van der Waals surface area contributed by atoms with Crippen molar-refractivity contribution in [3.8, 4) is 0 Å². The molecule has 0 bridgehead atoms. The lowest BCUT2D eigenvalue weighted by Gasteiger charge is -2.20. The van der Waals surface area contributed by atoms with E-state index in [4.69, 9.17) is 4.42 Å². The highest BCUT2D eigenvalue weighted by Gasteiger charge is 2.39. The van der Waals surface area contributed by atoms with E-state index in [2.05, 4.69) is 11.8 Å². The van der Waals surface area contributed by atoms with E-state index >= 15 is 0 Å². The van der Waals surface area contributed by atoms with Crippen molar-refractivity contribution in [1.29, 1.82) is 0 Å². The van der Waals surface area contributed by atoms with Gasteiger partial charge in [0, 0.05) is 13.1 Å². The molecular formula is C11H17NO2. The molecule has 1 aromatic heterocycles. The highest BCUT2D eigenvalue weighted by Crippen LogP contribution is 2.31. The van der Waals surface area contributed by atoms with E-state index in [1.807, 2.05) is 12.1 Å². The minimum Gasteiger partial charge on any atom is -0.466 e. The summed E-state index contributed by atoms with van der Waals surface area (Å²) < 4.78 is 5.27. The van der Waals surface area contributed by atoms with Crippen molar-refractivity contribution in [3.05, 3.63) is 24.2 Å². The summed E-state index contributed by atoms with van der Waals surface area (Å²) in [6, 6.07) is 3.69. The monoisotopic (exact) mass is 195 g/mol. The average Bonchev–Trinajstić information content (AvgIpc) is 2.75. The van der Waals surface area contributed by atoms with Crippen LogP contribution < -0.4 is 0 Å². The van der Waals surface area contributed by atoms with Crippen LogP contribution in [0.25, 0.3) is 0 Å². The summed E-state index contributed by atoms with van der Waals surface area (Å²) in [6.45, 7) is 4.88. The van der Waals surface area contributed by atoms with Gasteiger partial charge in [0.25, 0.3) is 0 Å². The molecule has 1 saturated heterocycles. The van der Waals surface area contributed by atoms with Crippen LogP contribution in [0.2, 0.25) is 0 Å². The predicted octanol–water partition coefficient (Wildman–Crippen LogP) is 1.58. The van der Waals surface area contributed by atoms with Gasteiger partial charge >= 0.3 is 0 Å². The molecule has 14 heavy (non-hydrogen) atoms. The first-order chi connectivity index (χ1) is 6.74. The molecule has 1 fully saturated rings. The first-order valence-electron chi connectivity index (χ1n) is 5.23. The van der Waals surface area contributed by atoms with Gasteiger partial charge in [0.1, 0.15) is 11.4 Å². The Morgan fingerprint density at radius 3 is 3.14 bits per heavy atom. The second-order valence-corrected chi connectivity index (χ2v) is 4.04. The van der Waals surface area contributed by atoms with E-state index in [-0.39, 0.29) is 0 Å². The normalized spacial score (nSPS) is 28.4. The van der Waals surface area contributed by atoms with Gasteiger partial charge in [0.2, 0.25) is 0 Å². The molecule has 3 nitrogen and oxygen atoms in total. The molecule has 78 valence electrons. The Morgan fingerprint density at radius 2 is 2.50 bits per heavy atom. The molecule has 0 radical (unpaired) electrons. The third-order valence-electron chi connectivity index (χ3n) is 2.85. The summed E-state index contributed by atoms with van der Waals surface area (Å²) in [6.07, 6.45) is 3.53. The fraction of sp³-hybridized carbons (Fsp3) is 0.636. The molecule has 1 aliphatic heterocycles. The SMILES string of the molecule is CCCN1CCC(O)(c2ccco2)C1. The van der Waals surface area contributed by atoms with E-state index in [1.54, 1.807) is 6.26 Å². The predicted molar refractivity (Wildman–Crippen MR) is 54.0 cm³/mol. The number of rotatable bonds is 3. The molecule has 1 atom stereocenters. The standard InChI is InChI=1S/C11H17NO2/c1-2-6-12-7-5-11(13,9-12)10-4-3-8-14-10/h3-4,8,13H,2,5-7,9H2,1H3. The van der Waals surface area contributed by atoms with Gasteiger partial charge in [0.15, 0.2) is 0 Å². The molecule has 2 heterocycles. The van der Waals surface area contributed by atoms with Gasteiger partial charge in [0.05, 0.1) is 6.26 Å². The Bertz CT molecular complexity index is 283. The molecule has 3 heteroatoms. The van der Waals surface area contributed by atoms with Gasteiger partial charge in [-0.3, -0.25) is 4.90 Å². The quantitative estimate of drug-likeness (QED) is 0.795. The highest BCUT2D eigenvalue weighted by atomic mass is 16.4. The zero-order valence-electron chi connectivity index (χ0n) is 8.57. The topological polar surface area (TPSA) is 36.6 Å². The number of hydrogen-bond acceptors (Lipinski definition) is 3. The van der Waals surface area contributed by atoms with Crippen molar-refractivity contribution in [1.82, 2.24) is 4.90 Å². The van der Waals surface area contributed by atoms with Crippen LogP contribution in [-0.4, -0.2) is 29.6 Å². The van der Waals surface area contributed by atoms with Crippen LogP contribution in [-0.2, 0) is 5.60 Å². The van der Waals surface area contributed by atoms with Gasteiger partial charge in [-0.05, 0) is 31.5 Å². The number of nitrogens with zero attached hydrogens (tertiary/aromatic N) is 1. The Kier molecular flexibility index (Phi) is 2.61. The summed E-state index contributed by atoms with van der Waals surface area (Å²) in [4.78, 5) is 2.28. The number of likely N-dealkylation sites (tertiary alicyclic amines) is 1. The number of β-amino-alcohol motifs (C(OH)–C–C–N with tert-alkyl or cyclic N) is 1. The fourth-order valence-electron chi connectivity index (χ4n) is 2.12. The van der Waals surface area contributed by atoms with Crippen molar-refractivity contribution in [2.24, 2.45) is 0 Å². The van der Waals surface area contributed by atoms with Crippen LogP contribution >= 0.6 is 0 Å². The molecular weight excluding hydrogens is 178 g/mol. The minimum absolute atomic E-state index is 0.703. The maximum absolute atomic E-state index is 10.3. The van der Waals surface area contributed by atoms with Crippen molar-refractivity contribution in [2.45, 2.75) is 25.4 Å². The van der Waals surface area contributed by atoms with Crippen LogP contribution in [0.3, 0.4) is 0 Å². The zero-order chi connectivity index (χ0) is 10.0. The first-order valence-corrected chi connectivity index (χ1v) is 5.23. The molecule has 0 aliphatic carbocycles. The molecule has 1 unspecified atom stereocenters. The third-order valence-corrected chi connectivity index (χ3v) is 2.85. The molecule has 0 spiro atoms. The molecule has 0 amide bonds. The van der Waals surface area contributed by atoms with Gasteiger partial charge in [-0.2, -0.15) is 0 Å². The molecule has 1 aromatic rings. The highest BCUT2D eigenvalue weighted by molar-refractivity contribution is 5.12. The smallest absolute Gasteiger partial charge is 0.136 e. The van der Waals surface area contributed by atoms with Crippen LogP contribution in [0.15, 0.2) is 22.8 Å². The Balaban J connectivity index is 2.06. The van der Waals surface area contributed by atoms with E-state index in [1.165, 1.54) is 0 Å². The van der Waals surface area contributed by atoms with Crippen LogP contribution in [0.5, 0.6) is 0 Å². The number of hydrogen-bond donors (Lipinski definition) is 1. The van der Waals surface area contributed by atoms with E-state index < -0.39 is 5.60 Å². The summed E-state index contributed by atoms with van der Waals surface area (Å²) in [7, 11) is 0. The number of aliphatic hydroxyl groups is 1. The fourth-order valence-corrected chi connectivity index (χ4v) is 2.12. The lowest BCUT2D eigenvalue weighted by atomic mass is 10.0. The zero-order valence-corrected chi connectivity index (χ0v) is 8.57. The second kappa shape index (κ2) is 3.75. The Hall–Kier alpha value is -0.800. The van der Waals surface area contributed by atoms with E-state index in [0.29, 0.717) is 12.3 Å². The van der Waals surface area contributed by atoms with Crippen molar-refractivity contribution in [3.63, 3.8) is 0 Å². The Labute approximate surface area is 84.3 Å². The lowest BCUT2D eigenvalue weighted by molar-refractivity contribution is 0.0244. The van der Waals surface area contributed by atoms with Gasteiger partial charge in [-0.15, -0.1) is 0 Å². The largest absolute Gasteiger partial charge is 0.466 e. The van der Waals surface area contributed by atoms with Gasteiger partial charge in [-0.25, -0.2) is 0 Å². The number of furan rings is 1. The molecule has 0 saturated carbocycles. The first kappa shape index (κ1) is 9.74. The maximum Gasteiger partial charge on any atom is 0.136 e. The molecule has 1 aliphatic rings. The van der Waals surface area contributed by atoms with Crippen LogP contribution in [0.1, 0.15) is 25.5 Å². The van der Waals surface area contributed by atoms with Gasteiger partial charge in [-0.1, -0.05) is 6.92 Å². The van der Waals surface area contributed by atoms with Crippen LogP contribution in [0, 0.1) is 0 Å². The van der Waals surface area contributed by atoms with Gasteiger partial charge < -0.3 is 9.52 Å². The van der Waals surface area contributed by atoms with E-state index in [0.717, 1.165) is 25.9 Å². The summed E-state index contributed by atoms with van der Waals surface area (Å²) in [5.41, 5.74) is -0.751. The molecule has 2 rings (SSSR count). The van der Waals surface area contributed by atoms with Crippen LogP contribution in [0.4, 0.5) is 0 Å². The average molecular weight is 195 g/mol. The summed E-state index contributed by atoms with van der Waals surface area (Å²) in [5, 5.41) is 10.3.